The molecule has 12 heavy (non-hydrogen) atoms. The van der Waals surface area contributed by atoms with Gasteiger partial charge in [-0.05, 0) is 42.4 Å². The molecule has 2 aliphatic carbocycles. The zero-order valence-electron chi connectivity index (χ0n) is 8.77. The van der Waals surface area contributed by atoms with Crippen molar-refractivity contribution in [2.24, 2.45) is 23.2 Å². The molecule has 0 nitrogen and oxygen atoms in total. The maximum Gasteiger partial charge on any atom is -0.0271 e. The van der Waals surface area contributed by atoms with E-state index in [1.54, 1.807) is 6.42 Å². The van der Waals surface area contributed by atoms with Crippen molar-refractivity contribution in [3.05, 3.63) is 0 Å². The minimum Gasteiger partial charge on any atom is -0.0651 e. The smallest absolute Gasteiger partial charge is 0.0271 e. The maximum atomic E-state index is 2.51. The Labute approximate surface area is 76.7 Å². The van der Waals surface area contributed by atoms with E-state index in [9.17, 15) is 0 Å². The molecule has 3 unspecified atom stereocenters. The van der Waals surface area contributed by atoms with Gasteiger partial charge in [0.2, 0.25) is 0 Å². The van der Waals surface area contributed by atoms with Gasteiger partial charge >= 0.3 is 0 Å². The molecule has 0 N–H and O–H groups in total. The molecule has 2 aliphatic rings. The molecule has 0 spiro atoms. The van der Waals surface area contributed by atoms with E-state index in [1.807, 2.05) is 0 Å². The van der Waals surface area contributed by atoms with E-state index in [4.69, 9.17) is 0 Å². The molecule has 0 bridgehead atoms. The van der Waals surface area contributed by atoms with Crippen molar-refractivity contribution < 1.29 is 0 Å². The highest BCUT2D eigenvalue weighted by atomic mass is 14.6. The van der Waals surface area contributed by atoms with Gasteiger partial charge in [0.1, 0.15) is 0 Å². The lowest BCUT2D eigenvalue weighted by atomic mass is 9.83. The van der Waals surface area contributed by atoms with Crippen molar-refractivity contribution in [3.63, 3.8) is 0 Å². The van der Waals surface area contributed by atoms with Gasteiger partial charge in [-0.15, -0.1) is 0 Å². The Morgan fingerprint density at radius 2 is 2.00 bits per heavy atom. The van der Waals surface area contributed by atoms with E-state index >= 15 is 0 Å². The van der Waals surface area contributed by atoms with Gasteiger partial charge in [-0.25, -0.2) is 0 Å². The summed E-state index contributed by atoms with van der Waals surface area (Å²) in [6, 6.07) is 0. The first-order valence-corrected chi connectivity index (χ1v) is 5.73. The van der Waals surface area contributed by atoms with Crippen molar-refractivity contribution in [1.29, 1.82) is 0 Å². The Hall–Kier alpha value is 0. The molecule has 0 aliphatic heterocycles. The first-order valence-electron chi connectivity index (χ1n) is 5.73. The Bertz CT molecular complexity index is 167. The summed E-state index contributed by atoms with van der Waals surface area (Å²) in [6.45, 7) is 7.24. The van der Waals surface area contributed by atoms with Crippen LogP contribution in [0, 0.1) is 23.2 Å². The van der Waals surface area contributed by atoms with Crippen LogP contribution >= 0.6 is 0 Å². The van der Waals surface area contributed by atoms with Gasteiger partial charge in [0.15, 0.2) is 0 Å². The first kappa shape index (κ1) is 8.59. The summed E-state index contributed by atoms with van der Waals surface area (Å²) in [5.74, 6) is 3.24. The van der Waals surface area contributed by atoms with Crippen LogP contribution < -0.4 is 0 Å². The van der Waals surface area contributed by atoms with Crippen molar-refractivity contribution in [3.8, 4) is 0 Å². The van der Waals surface area contributed by atoms with Crippen LogP contribution in [-0.4, -0.2) is 0 Å². The van der Waals surface area contributed by atoms with Crippen molar-refractivity contribution >= 4 is 0 Å². The van der Waals surface area contributed by atoms with Gasteiger partial charge in [-0.3, -0.25) is 0 Å². The fraction of sp³-hybridized carbons (Fsp3) is 1.00. The molecule has 0 aromatic carbocycles. The van der Waals surface area contributed by atoms with Crippen molar-refractivity contribution in [2.75, 3.05) is 0 Å². The van der Waals surface area contributed by atoms with Crippen molar-refractivity contribution in [1.82, 2.24) is 0 Å². The van der Waals surface area contributed by atoms with Crippen LogP contribution in [0.4, 0.5) is 0 Å². The van der Waals surface area contributed by atoms with Gasteiger partial charge < -0.3 is 0 Å². The topological polar surface area (TPSA) is 0 Å². The van der Waals surface area contributed by atoms with E-state index in [-0.39, 0.29) is 0 Å². The highest BCUT2D eigenvalue weighted by Crippen LogP contribution is 2.62. The molecule has 0 heteroatoms. The highest BCUT2D eigenvalue weighted by molar-refractivity contribution is 5.03. The fourth-order valence-electron chi connectivity index (χ4n) is 3.10. The molecule has 0 radical (unpaired) electrons. The van der Waals surface area contributed by atoms with Crippen LogP contribution in [-0.2, 0) is 0 Å². The molecule has 0 saturated heterocycles. The van der Waals surface area contributed by atoms with Crippen LogP contribution in [0.15, 0.2) is 0 Å². The molecular formula is C12H22. The van der Waals surface area contributed by atoms with Crippen LogP contribution in [0.5, 0.6) is 0 Å². The van der Waals surface area contributed by atoms with Crippen LogP contribution in [0.3, 0.4) is 0 Å². The maximum absolute atomic E-state index is 2.51. The summed E-state index contributed by atoms with van der Waals surface area (Å²) in [5, 5.41) is 0. The monoisotopic (exact) mass is 166 g/mol. The summed E-state index contributed by atoms with van der Waals surface area (Å²) in [5.41, 5.74) is 0.814. The summed E-state index contributed by atoms with van der Waals surface area (Å²) < 4.78 is 0. The molecule has 2 saturated carbocycles. The van der Waals surface area contributed by atoms with Gasteiger partial charge in [0.05, 0.1) is 0 Å². The van der Waals surface area contributed by atoms with E-state index in [2.05, 4.69) is 20.8 Å². The lowest BCUT2D eigenvalue weighted by Gasteiger charge is -2.21. The molecule has 70 valence electrons. The highest BCUT2D eigenvalue weighted by Gasteiger charge is 2.53. The predicted octanol–water partition coefficient (Wildman–Crippen LogP) is 3.86. The summed E-state index contributed by atoms with van der Waals surface area (Å²) in [7, 11) is 0. The largest absolute Gasteiger partial charge is 0.0651 e. The lowest BCUT2D eigenvalue weighted by Crippen LogP contribution is -2.14. The average Bonchev–Trinajstić information content (AvgIpc) is 2.99. The van der Waals surface area contributed by atoms with E-state index in [0.29, 0.717) is 0 Å². The first-order chi connectivity index (χ1) is 5.73. The third-order valence-electron chi connectivity index (χ3n) is 4.71. The predicted molar refractivity (Wildman–Crippen MR) is 53.0 cm³/mol. The zero-order chi connectivity index (χ0) is 8.77. The minimum atomic E-state index is 0.814. The summed E-state index contributed by atoms with van der Waals surface area (Å²) in [6.07, 6.45) is 7.45. The van der Waals surface area contributed by atoms with Gasteiger partial charge in [-0.2, -0.15) is 0 Å². The van der Waals surface area contributed by atoms with Crippen LogP contribution in [0.2, 0.25) is 0 Å². The van der Waals surface area contributed by atoms with Crippen molar-refractivity contribution in [2.45, 2.75) is 52.9 Å². The summed E-state index contributed by atoms with van der Waals surface area (Å²) in [4.78, 5) is 0. The second-order valence-electron chi connectivity index (χ2n) is 5.07. The Morgan fingerprint density at radius 3 is 2.33 bits per heavy atom. The molecule has 0 amide bonds. The molecule has 0 aromatic rings. The van der Waals surface area contributed by atoms with E-state index < -0.39 is 0 Å². The SMILES string of the molecule is CCC1CC1C(C)C1(CC)CC1. The van der Waals surface area contributed by atoms with Crippen LogP contribution in [0.1, 0.15) is 52.9 Å². The van der Waals surface area contributed by atoms with Gasteiger partial charge in [0.25, 0.3) is 0 Å². The third kappa shape index (κ3) is 1.20. The Balaban J connectivity index is 1.89. The van der Waals surface area contributed by atoms with E-state index in [0.717, 1.165) is 23.2 Å². The second-order valence-corrected chi connectivity index (χ2v) is 5.07. The number of hydrogen-bond donors (Lipinski definition) is 0. The normalized spacial score (nSPS) is 39.2. The zero-order valence-corrected chi connectivity index (χ0v) is 8.77. The minimum absolute atomic E-state index is 0.814. The summed E-state index contributed by atoms with van der Waals surface area (Å²) >= 11 is 0. The third-order valence-corrected chi connectivity index (χ3v) is 4.71. The van der Waals surface area contributed by atoms with E-state index in [1.165, 1.54) is 25.7 Å². The Morgan fingerprint density at radius 1 is 1.33 bits per heavy atom. The molecule has 0 aromatic heterocycles. The number of rotatable bonds is 4. The molecule has 2 fully saturated rings. The fourth-order valence-corrected chi connectivity index (χ4v) is 3.10. The molecular weight excluding hydrogens is 144 g/mol. The number of hydrogen-bond acceptors (Lipinski definition) is 0. The standard InChI is InChI=1S/C12H22/c1-4-10-8-11(10)9(3)12(5-2)6-7-12/h9-11H,4-8H2,1-3H3. The average molecular weight is 166 g/mol. The quantitative estimate of drug-likeness (QED) is 0.595. The lowest BCUT2D eigenvalue weighted by molar-refractivity contribution is 0.274. The molecule has 3 atom stereocenters. The molecule has 2 rings (SSSR count). The Kier molecular flexibility index (Phi) is 1.97. The second kappa shape index (κ2) is 2.75. The molecule has 0 heterocycles. The van der Waals surface area contributed by atoms with Gasteiger partial charge in [-0.1, -0.05) is 33.6 Å². The van der Waals surface area contributed by atoms with Gasteiger partial charge in [0, 0.05) is 0 Å². The van der Waals surface area contributed by atoms with Crippen LogP contribution in [0.25, 0.3) is 0 Å².